The molecule has 0 unspecified atom stereocenters. The van der Waals surface area contributed by atoms with Gasteiger partial charge in [-0.2, -0.15) is 0 Å². The van der Waals surface area contributed by atoms with E-state index in [1.807, 2.05) is 13.0 Å². The molecule has 2 aromatic carbocycles. The monoisotopic (exact) mass is 434 g/mol. The molecule has 148 valence electrons. The molecule has 0 atom stereocenters. The summed E-state index contributed by atoms with van der Waals surface area (Å²) in [6.07, 6.45) is 3.13. The molecular weight excluding hydrogens is 420 g/mol. The van der Waals surface area contributed by atoms with Crippen LogP contribution in [0.15, 0.2) is 65.8 Å². The third-order valence-electron chi connectivity index (χ3n) is 5.29. The Labute approximate surface area is 178 Å². The number of benzene rings is 2. The molecule has 2 heterocycles. The van der Waals surface area contributed by atoms with Crippen LogP contribution in [-0.4, -0.2) is 24.2 Å². The highest BCUT2D eigenvalue weighted by molar-refractivity contribution is 7.90. The summed E-state index contributed by atoms with van der Waals surface area (Å²) in [5.74, 6) is -0.639. The van der Waals surface area contributed by atoms with Crippen molar-refractivity contribution in [3.8, 4) is 11.1 Å². The van der Waals surface area contributed by atoms with Gasteiger partial charge in [-0.3, -0.25) is 14.8 Å². The number of hydrogen-bond acceptors (Lipinski definition) is 5. The summed E-state index contributed by atoms with van der Waals surface area (Å²) in [7, 11) is -3.70. The average Bonchev–Trinajstić information content (AvgIpc) is 3.01. The minimum Gasteiger partial charge on any atom is -0.288 e. The zero-order chi connectivity index (χ0) is 21.0. The number of nitrogens with zero attached hydrogens (tertiary/aromatic N) is 2. The normalized spacial score (nSPS) is 12.8. The van der Waals surface area contributed by atoms with E-state index >= 15 is 0 Å². The van der Waals surface area contributed by atoms with E-state index in [1.165, 1.54) is 6.20 Å². The van der Waals surface area contributed by atoms with E-state index in [0.29, 0.717) is 27.2 Å². The van der Waals surface area contributed by atoms with E-state index in [9.17, 15) is 13.2 Å². The summed E-state index contributed by atoms with van der Waals surface area (Å²) in [6.45, 7) is 1.89. The van der Waals surface area contributed by atoms with Crippen LogP contribution < -0.4 is 0 Å². The van der Waals surface area contributed by atoms with Crippen molar-refractivity contribution in [1.82, 2.24) is 9.97 Å². The van der Waals surface area contributed by atoms with Crippen molar-refractivity contribution in [2.24, 2.45) is 0 Å². The zero-order valence-electron chi connectivity index (χ0n) is 15.9. The summed E-state index contributed by atoms with van der Waals surface area (Å²) in [5.41, 5.74) is 3.93. The maximum atomic E-state index is 13.2. The molecule has 5 nitrogen and oxygen atoms in total. The Morgan fingerprint density at radius 2 is 1.73 bits per heavy atom. The van der Waals surface area contributed by atoms with Crippen LogP contribution in [-0.2, 0) is 15.6 Å². The number of rotatable bonds is 3. The first kappa shape index (κ1) is 18.9. The quantitative estimate of drug-likeness (QED) is 0.408. The maximum absolute atomic E-state index is 13.2. The average molecular weight is 435 g/mol. The molecule has 1 aliphatic carbocycles. The van der Waals surface area contributed by atoms with Gasteiger partial charge in [-0.25, -0.2) is 8.42 Å². The molecule has 0 radical (unpaired) electrons. The first-order valence-electron chi connectivity index (χ1n) is 9.26. The second kappa shape index (κ2) is 6.72. The van der Waals surface area contributed by atoms with Crippen LogP contribution in [0, 0.1) is 6.92 Å². The van der Waals surface area contributed by atoms with Gasteiger partial charge in [0, 0.05) is 33.9 Å². The summed E-state index contributed by atoms with van der Waals surface area (Å²) in [4.78, 5) is 22.0. The third-order valence-corrected chi connectivity index (χ3v) is 7.17. The fourth-order valence-corrected chi connectivity index (χ4v) is 5.31. The van der Waals surface area contributed by atoms with Crippen LogP contribution in [0.3, 0.4) is 0 Å². The predicted octanol–water partition coefficient (Wildman–Crippen LogP) is 4.78. The van der Waals surface area contributed by atoms with Crippen molar-refractivity contribution in [2.75, 3.05) is 0 Å². The third kappa shape index (κ3) is 2.91. The van der Waals surface area contributed by atoms with E-state index < -0.39 is 9.84 Å². The van der Waals surface area contributed by atoms with Gasteiger partial charge in [0.2, 0.25) is 0 Å². The maximum Gasteiger partial charge on any atom is 0.197 e. The molecule has 0 amide bonds. The first-order valence-corrected chi connectivity index (χ1v) is 11.3. The van der Waals surface area contributed by atoms with Gasteiger partial charge in [-0.05, 0) is 42.8 Å². The van der Waals surface area contributed by atoms with E-state index in [4.69, 9.17) is 11.6 Å². The molecule has 0 N–H and O–H groups in total. The molecule has 5 rings (SSSR count). The highest BCUT2D eigenvalue weighted by Gasteiger charge is 2.34. The van der Waals surface area contributed by atoms with Gasteiger partial charge in [-0.1, -0.05) is 35.4 Å². The molecule has 0 saturated carbocycles. The van der Waals surface area contributed by atoms with E-state index in [-0.39, 0.29) is 22.1 Å². The Bertz CT molecular complexity index is 1460. The van der Waals surface area contributed by atoms with Crippen LogP contribution in [0.4, 0.5) is 0 Å². The molecule has 1 aliphatic rings. The lowest BCUT2D eigenvalue weighted by Crippen LogP contribution is -2.11. The number of aryl methyl sites for hydroxylation is 1. The van der Waals surface area contributed by atoms with Gasteiger partial charge >= 0.3 is 0 Å². The fourth-order valence-electron chi connectivity index (χ4n) is 3.85. The molecule has 7 heteroatoms. The minimum absolute atomic E-state index is 0.194. The Balaban J connectivity index is 1.76. The molecular formula is C23H15ClN2O3S. The number of carbonyl (C=O) groups excluding carboxylic acids is 1. The van der Waals surface area contributed by atoms with E-state index in [2.05, 4.69) is 9.97 Å². The number of halogens is 1. The number of pyridine rings is 2. The predicted molar refractivity (Wildman–Crippen MR) is 115 cm³/mol. The number of carbonyl (C=O) groups is 1. The molecule has 4 aromatic rings. The van der Waals surface area contributed by atoms with Crippen molar-refractivity contribution in [1.29, 1.82) is 0 Å². The number of aromatic nitrogens is 2. The van der Waals surface area contributed by atoms with Crippen molar-refractivity contribution < 1.29 is 13.2 Å². The number of fused-ring (bicyclic) bond motifs is 5. The number of ketones is 1. The Morgan fingerprint density at radius 3 is 2.50 bits per heavy atom. The summed E-state index contributed by atoms with van der Waals surface area (Å²) in [6, 6.07) is 13.6. The molecule has 0 spiro atoms. The van der Waals surface area contributed by atoms with Crippen LogP contribution in [0.25, 0.3) is 22.0 Å². The Kier molecular flexibility index (Phi) is 4.24. The second-order valence-electron chi connectivity index (χ2n) is 7.29. The van der Waals surface area contributed by atoms with Crippen LogP contribution in [0.1, 0.15) is 27.2 Å². The van der Waals surface area contributed by atoms with Gasteiger partial charge in [0.15, 0.2) is 15.6 Å². The smallest absolute Gasteiger partial charge is 0.197 e. The topological polar surface area (TPSA) is 77.0 Å². The second-order valence-corrected chi connectivity index (χ2v) is 9.72. The summed E-state index contributed by atoms with van der Waals surface area (Å²) >= 11 is 6.16. The molecule has 2 aromatic heterocycles. The van der Waals surface area contributed by atoms with Crippen molar-refractivity contribution >= 4 is 38.1 Å². The Hall–Kier alpha value is -3.09. The summed E-state index contributed by atoms with van der Waals surface area (Å²) < 4.78 is 26.2. The van der Waals surface area contributed by atoms with Crippen LogP contribution >= 0.6 is 11.6 Å². The van der Waals surface area contributed by atoms with E-state index in [0.717, 1.165) is 16.5 Å². The van der Waals surface area contributed by atoms with E-state index in [1.54, 1.807) is 48.7 Å². The highest BCUT2D eigenvalue weighted by Crippen LogP contribution is 2.42. The summed E-state index contributed by atoms with van der Waals surface area (Å²) in [5, 5.41) is 1.24. The van der Waals surface area contributed by atoms with Crippen molar-refractivity contribution in [3.63, 3.8) is 0 Å². The number of hydrogen-bond donors (Lipinski definition) is 0. The zero-order valence-corrected chi connectivity index (χ0v) is 17.5. The molecule has 30 heavy (non-hydrogen) atoms. The SMILES string of the molecule is Cc1ccc(S(=O)(=O)Cc2nc3cc(Cl)ccc3c3c2C(=O)c2cnccc2-3)cc1. The fraction of sp³-hybridized carbons (Fsp3) is 0.0870. The van der Waals surface area contributed by atoms with Gasteiger partial charge in [0.25, 0.3) is 0 Å². The van der Waals surface area contributed by atoms with Crippen molar-refractivity contribution in [2.45, 2.75) is 17.6 Å². The van der Waals surface area contributed by atoms with Crippen LogP contribution in [0.5, 0.6) is 0 Å². The van der Waals surface area contributed by atoms with Gasteiger partial charge in [0.1, 0.15) is 0 Å². The lowest BCUT2D eigenvalue weighted by Gasteiger charge is -2.12. The lowest BCUT2D eigenvalue weighted by atomic mass is 10.00. The van der Waals surface area contributed by atoms with Crippen LogP contribution in [0.2, 0.25) is 5.02 Å². The standard InChI is InChI=1S/C23H15ClN2O3S/c1-13-2-5-15(6-3-13)30(28,29)12-20-22-21(16-8-9-25-11-18(16)23(22)27)17-7-4-14(24)10-19(17)26-20/h2-11H,12H2,1H3. The van der Waals surface area contributed by atoms with Gasteiger partial charge in [-0.15, -0.1) is 0 Å². The number of sulfone groups is 1. The Morgan fingerprint density at radius 1 is 0.967 bits per heavy atom. The minimum atomic E-state index is -3.70. The largest absolute Gasteiger partial charge is 0.288 e. The molecule has 0 aliphatic heterocycles. The highest BCUT2D eigenvalue weighted by atomic mass is 35.5. The molecule has 0 bridgehead atoms. The van der Waals surface area contributed by atoms with Gasteiger partial charge in [0.05, 0.1) is 27.4 Å². The molecule has 0 fully saturated rings. The lowest BCUT2D eigenvalue weighted by molar-refractivity contribution is 0.104. The van der Waals surface area contributed by atoms with Gasteiger partial charge < -0.3 is 0 Å². The first-order chi connectivity index (χ1) is 14.3. The van der Waals surface area contributed by atoms with Crippen molar-refractivity contribution in [3.05, 3.63) is 88.3 Å². The molecule has 0 saturated heterocycles.